The second-order valence-electron chi connectivity index (χ2n) is 5.99. The fraction of sp³-hybridized carbons (Fsp3) is 0.353. The minimum absolute atomic E-state index is 0.220. The van der Waals surface area contributed by atoms with E-state index in [1.807, 2.05) is 12.1 Å². The predicted octanol–water partition coefficient (Wildman–Crippen LogP) is 4.80. The van der Waals surface area contributed by atoms with Crippen LogP contribution < -0.4 is 5.32 Å². The van der Waals surface area contributed by atoms with E-state index in [4.69, 9.17) is 0 Å². The third kappa shape index (κ3) is 4.34. The van der Waals surface area contributed by atoms with Gasteiger partial charge in [0.25, 0.3) is 0 Å². The van der Waals surface area contributed by atoms with E-state index in [-0.39, 0.29) is 5.41 Å². The molecule has 20 heavy (non-hydrogen) atoms. The lowest BCUT2D eigenvalue weighted by molar-refractivity contribution is 0.590. The number of nitrogens with one attached hydrogen (secondary N) is 1. The van der Waals surface area contributed by atoms with Crippen molar-refractivity contribution in [2.45, 2.75) is 32.6 Å². The Bertz CT molecular complexity index is 539. The summed E-state index contributed by atoms with van der Waals surface area (Å²) >= 11 is 3.38. The number of benzene rings is 1. The highest BCUT2D eigenvalue weighted by Gasteiger charge is 2.12. The van der Waals surface area contributed by atoms with Crippen LogP contribution in [-0.4, -0.2) is 11.5 Å². The Morgan fingerprint density at radius 2 is 1.75 bits per heavy atom. The summed E-state index contributed by atoms with van der Waals surface area (Å²) in [6.07, 6.45) is 2.81. The Morgan fingerprint density at radius 3 is 2.30 bits per heavy atom. The monoisotopic (exact) mass is 332 g/mol. The Balaban J connectivity index is 1.87. The highest BCUT2D eigenvalue weighted by atomic mass is 79.9. The molecule has 106 valence electrons. The molecule has 2 rings (SSSR count). The lowest BCUT2D eigenvalue weighted by Crippen LogP contribution is -2.11. The van der Waals surface area contributed by atoms with Gasteiger partial charge in [-0.1, -0.05) is 45.0 Å². The first kappa shape index (κ1) is 15.0. The third-order valence-electron chi connectivity index (χ3n) is 3.27. The minimum Gasteiger partial charge on any atom is -0.370 e. The van der Waals surface area contributed by atoms with Crippen LogP contribution in [0.25, 0.3) is 0 Å². The summed E-state index contributed by atoms with van der Waals surface area (Å²) in [7, 11) is 0. The van der Waals surface area contributed by atoms with Crippen LogP contribution in [0.2, 0.25) is 0 Å². The number of nitrogens with zero attached hydrogens (tertiary/aromatic N) is 1. The number of anilines is 1. The van der Waals surface area contributed by atoms with E-state index in [2.05, 4.69) is 71.3 Å². The first-order valence-electron chi connectivity index (χ1n) is 6.90. The van der Waals surface area contributed by atoms with Gasteiger partial charge in [-0.05, 0) is 51.0 Å². The standard InChI is InChI=1S/C17H21BrN2/c1-17(2,3)14-6-4-13(5-7-14)10-11-19-16-9-8-15(18)12-20-16/h4-9,12H,10-11H2,1-3H3,(H,19,20). The van der Waals surface area contributed by atoms with Gasteiger partial charge in [0.1, 0.15) is 5.82 Å². The lowest BCUT2D eigenvalue weighted by Gasteiger charge is -2.19. The Kier molecular flexibility index (Phi) is 4.81. The molecule has 1 heterocycles. The van der Waals surface area contributed by atoms with E-state index in [1.165, 1.54) is 11.1 Å². The van der Waals surface area contributed by atoms with Gasteiger partial charge in [-0.2, -0.15) is 0 Å². The van der Waals surface area contributed by atoms with E-state index in [1.54, 1.807) is 6.20 Å². The molecule has 0 saturated heterocycles. The zero-order valence-electron chi connectivity index (χ0n) is 12.3. The van der Waals surface area contributed by atoms with E-state index in [0.29, 0.717) is 0 Å². The van der Waals surface area contributed by atoms with Gasteiger partial charge in [-0.15, -0.1) is 0 Å². The molecule has 0 spiro atoms. The molecule has 0 aliphatic carbocycles. The fourth-order valence-electron chi connectivity index (χ4n) is 1.99. The number of rotatable bonds is 4. The zero-order chi connectivity index (χ0) is 14.6. The molecule has 0 radical (unpaired) electrons. The highest BCUT2D eigenvalue weighted by Crippen LogP contribution is 2.22. The molecule has 0 fully saturated rings. The smallest absolute Gasteiger partial charge is 0.125 e. The van der Waals surface area contributed by atoms with Crippen LogP contribution in [0.3, 0.4) is 0 Å². The quantitative estimate of drug-likeness (QED) is 0.870. The normalized spacial score (nSPS) is 11.4. The summed E-state index contributed by atoms with van der Waals surface area (Å²) in [5.41, 5.74) is 2.95. The van der Waals surface area contributed by atoms with Crippen LogP contribution in [-0.2, 0) is 11.8 Å². The van der Waals surface area contributed by atoms with Gasteiger partial charge in [0.05, 0.1) is 0 Å². The molecule has 0 aliphatic rings. The number of halogens is 1. The average molecular weight is 333 g/mol. The van der Waals surface area contributed by atoms with Crippen LogP contribution in [0, 0.1) is 0 Å². The molecular formula is C17H21BrN2. The van der Waals surface area contributed by atoms with Gasteiger partial charge in [0.15, 0.2) is 0 Å². The molecular weight excluding hydrogens is 312 g/mol. The summed E-state index contributed by atoms with van der Waals surface area (Å²) in [5.74, 6) is 0.916. The largest absolute Gasteiger partial charge is 0.370 e. The third-order valence-corrected chi connectivity index (χ3v) is 3.74. The summed E-state index contributed by atoms with van der Waals surface area (Å²) in [6, 6.07) is 12.9. The topological polar surface area (TPSA) is 24.9 Å². The maximum atomic E-state index is 4.30. The molecule has 0 amide bonds. The second-order valence-corrected chi connectivity index (χ2v) is 6.90. The molecule has 0 saturated carbocycles. The zero-order valence-corrected chi connectivity index (χ0v) is 13.9. The van der Waals surface area contributed by atoms with Gasteiger partial charge in [-0.25, -0.2) is 4.98 Å². The first-order chi connectivity index (χ1) is 9.45. The van der Waals surface area contributed by atoms with E-state index in [0.717, 1.165) is 23.3 Å². The molecule has 1 aromatic heterocycles. The number of hydrogen-bond acceptors (Lipinski definition) is 2. The first-order valence-corrected chi connectivity index (χ1v) is 7.69. The summed E-state index contributed by atoms with van der Waals surface area (Å²) in [6.45, 7) is 7.61. The summed E-state index contributed by atoms with van der Waals surface area (Å²) in [4.78, 5) is 4.30. The molecule has 2 nitrogen and oxygen atoms in total. The van der Waals surface area contributed by atoms with Crippen LogP contribution in [0.15, 0.2) is 47.1 Å². The molecule has 0 atom stereocenters. The second kappa shape index (κ2) is 6.40. The van der Waals surface area contributed by atoms with E-state index >= 15 is 0 Å². The fourth-order valence-corrected chi connectivity index (χ4v) is 2.22. The maximum absolute atomic E-state index is 4.30. The van der Waals surface area contributed by atoms with Gasteiger partial charge < -0.3 is 5.32 Å². The van der Waals surface area contributed by atoms with Crippen molar-refractivity contribution in [3.05, 3.63) is 58.2 Å². The number of aromatic nitrogens is 1. The van der Waals surface area contributed by atoms with Gasteiger partial charge >= 0.3 is 0 Å². The molecule has 0 unspecified atom stereocenters. The van der Waals surface area contributed by atoms with Gasteiger partial charge in [0.2, 0.25) is 0 Å². The predicted molar refractivity (Wildman–Crippen MR) is 89.3 cm³/mol. The Morgan fingerprint density at radius 1 is 1.05 bits per heavy atom. The highest BCUT2D eigenvalue weighted by molar-refractivity contribution is 9.10. The number of pyridine rings is 1. The van der Waals surface area contributed by atoms with Crippen LogP contribution in [0.4, 0.5) is 5.82 Å². The van der Waals surface area contributed by atoms with Crippen molar-refractivity contribution in [3.8, 4) is 0 Å². The summed E-state index contributed by atoms with van der Waals surface area (Å²) in [5, 5.41) is 3.33. The molecule has 3 heteroatoms. The Hall–Kier alpha value is -1.35. The van der Waals surface area contributed by atoms with E-state index in [9.17, 15) is 0 Å². The van der Waals surface area contributed by atoms with E-state index < -0.39 is 0 Å². The van der Waals surface area contributed by atoms with Crippen molar-refractivity contribution in [2.24, 2.45) is 0 Å². The van der Waals surface area contributed by atoms with Crippen molar-refractivity contribution < 1.29 is 0 Å². The van der Waals surface area contributed by atoms with Crippen molar-refractivity contribution in [3.63, 3.8) is 0 Å². The molecule has 1 aromatic carbocycles. The molecule has 1 N–H and O–H groups in total. The van der Waals surface area contributed by atoms with Crippen molar-refractivity contribution in [1.82, 2.24) is 4.98 Å². The average Bonchev–Trinajstić information content (AvgIpc) is 2.41. The van der Waals surface area contributed by atoms with Crippen LogP contribution in [0.5, 0.6) is 0 Å². The van der Waals surface area contributed by atoms with Gasteiger partial charge in [0, 0.05) is 17.2 Å². The van der Waals surface area contributed by atoms with Crippen LogP contribution in [0.1, 0.15) is 31.9 Å². The number of hydrogen-bond donors (Lipinski definition) is 1. The molecule has 0 bridgehead atoms. The molecule has 2 aromatic rings. The summed E-state index contributed by atoms with van der Waals surface area (Å²) < 4.78 is 1.00. The lowest BCUT2D eigenvalue weighted by atomic mass is 9.86. The van der Waals surface area contributed by atoms with Crippen LogP contribution >= 0.6 is 15.9 Å². The maximum Gasteiger partial charge on any atom is 0.125 e. The minimum atomic E-state index is 0.220. The van der Waals surface area contributed by atoms with Gasteiger partial charge in [-0.3, -0.25) is 0 Å². The Labute approximate surface area is 129 Å². The SMILES string of the molecule is CC(C)(C)c1ccc(CCNc2ccc(Br)cn2)cc1. The van der Waals surface area contributed by atoms with Crippen molar-refractivity contribution in [2.75, 3.05) is 11.9 Å². The van der Waals surface area contributed by atoms with Crippen molar-refractivity contribution >= 4 is 21.7 Å². The van der Waals surface area contributed by atoms with Crippen molar-refractivity contribution in [1.29, 1.82) is 0 Å². The molecule has 0 aliphatic heterocycles.